The van der Waals surface area contributed by atoms with E-state index in [-0.39, 0.29) is 0 Å². The van der Waals surface area contributed by atoms with E-state index in [0.29, 0.717) is 11.8 Å². The smallest absolute Gasteiger partial charge is 0.225 e. The van der Waals surface area contributed by atoms with Gasteiger partial charge in [0.05, 0.1) is 0 Å². The van der Waals surface area contributed by atoms with Crippen molar-refractivity contribution in [1.82, 2.24) is 10.2 Å². The monoisotopic (exact) mass is 266 g/mol. The number of nitrogens with zero attached hydrogens (tertiary/aromatic N) is 1. The number of hydrogen-bond acceptors (Lipinski definition) is 2. The maximum Gasteiger partial charge on any atom is 0.225 e. The highest BCUT2D eigenvalue weighted by atomic mass is 16.2. The molecule has 3 heteroatoms. The van der Waals surface area contributed by atoms with E-state index in [0.717, 1.165) is 38.4 Å². The molecule has 2 rings (SSSR count). The van der Waals surface area contributed by atoms with Gasteiger partial charge in [-0.3, -0.25) is 4.79 Å². The lowest BCUT2D eigenvalue weighted by molar-refractivity contribution is -0.134. The molecule has 1 aliphatic carbocycles. The van der Waals surface area contributed by atoms with Gasteiger partial charge < -0.3 is 10.2 Å². The Balaban J connectivity index is 1.71. The lowest BCUT2D eigenvalue weighted by atomic mass is 9.94. The summed E-state index contributed by atoms with van der Waals surface area (Å²) >= 11 is 0. The minimum Gasteiger partial charge on any atom is -0.346 e. The maximum absolute atomic E-state index is 12.4. The molecule has 0 bridgehead atoms. The van der Waals surface area contributed by atoms with E-state index in [1.807, 2.05) is 11.9 Å². The van der Waals surface area contributed by atoms with E-state index >= 15 is 0 Å². The zero-order valence-corrected chi connectivity index (χ0v) is 12.5. The standard InChI is InChI=1S/C16H30N2O/c1-18(13-10-14-8-11-17-12-9-14)16(19)15-6-4-2-3-5-7-15/h14-15,17H,2-13H2,1H3. The molecule has 0 aromatic heterocycles. The van der Waals surface area contributed by atoms with Gasteiger partial charge in [0.1, 0.15) is 0 Å². The molecular weight excluding hydrogens is 236 g/mol. The first-order valence-corrected chi connectivity index (χ1v) is 8.23. The van der Waals surface area contributed by atoms with Gasteiger partial charge in [-0.05, 0) is 51.1 Å². The molecule has 1 heterocycles. The molecule has 0 radical (unpaired) electrons. The average molecular weight is 266 g/mol. The van der Waals surface area contributed by atoms with E-state index in [1.54, 1.807) is 0 Å². The highest BCUT2D eigenvalue weighted by Gasteiger charge is 2.23. The molecule has 1 amide bonds. The Hall–Kier alpha value is -0.570. The fourth-order valence-corrected chi connectivity index (χ4v) is 3.49. The predicted molar refractivity (Wildman–Crippen MR) is 79.0 cm³/mol. The maximum atomic E-state index is 12.4. The average Bonchev–Trinajstić information content (AvgIpc) is 2.74. The number of amides is 1. The van der Waals surface area contributed by atoms with Crippen LogP contribution in [0.5, 0.6) is 0 Å². The fraction of sp³-hybridized carbons (Fsp3) is 0.938. The van der Waals surface area contributed by atoms with Gasteiger partial charge in [-0.25, -0.2) is 0 Å². The quantitative estimate of drug-likeness (QED) is 0.794. The van der Waals surface area contributed by atoms with Crippen LogP contribution in [0, 0.1) is 11.8 Å². The normalized spacial score (nSPS) is 23.0. The van der Waals surface area contributed by atoms with Crippen molar-refractivity contribution >= 4 is 5.91 Å². The van der Waals surface area contributed by atoms with Gasteiger partial charge in [0, 0.05) is 19.5 Å². The highest BCUT2D eigenvalue weighted by molar-refractivity contribution is 5.78. The SMILES string of the molecule is CN(CCC1CCNCC1)C(=O)C1CCCCCC1. The second-order valence-electron chi connectivity index (χ2n) is 6.43. The Labute approximate surface area is 118 Å². The summed E-state index contributed by atoms with van der Waals surface area (Å²) in [5.41, 5.74) is 0. The number of rotatable bonds is 4. The molecule has 2 aliphatic rings. The molecule has 0 atom stereocenters. The van der Waals surface area contributed by atoms with E-state index in [2.05, 4.69) is 5.32 Å². The molecule has 2 fully saturated rings. The molecule has 0 aromatic rings. The van der Waals surface area contributed by atoms with Crippen LogP contribution < -0.4 is 5.32 Å². The fourth-order valence-electron chi connectivity index (χ4n) is 3.49. The second-order valence-corrected chi connectivity index (χ2v) is 6.43. The zero-order valence-electron chi connectivity index (χ0n) is 12.5. The molecule has 0 spiro atoms. The van der Waals surface area contributed by atoms with Crippen LogP contribution in [0.2, 0.25) is 0 Å². The summed E-state index contributed by atoms with van der Waals surface area (Å²) in [5, 5.41) is 3.40. The van der Waals surface area contributed by atoms with Crippen LogP contribution in [0.15, 0.2) is 0 Å². The highest BCUT2D eigenvalue weighted by Crippen LogP contribution is 2.25. The second kappa shape index (κ2) is 7.88. The molecule has 1 aliphatic heterocycles. The number of nitrogens with one attached hydrogen (secondary N) is 1. The van der Waals surface area contributed by atoms with Crippen LogP contribution in [-0.2, 0) is 4.79 Å². The van der Waals surface area contributed by atoms with Crippen molar-refractivity contribution in [2.75, 3.05) is 26.7 Å². The van der Waals surface area contributed by atoms with Crippen LogP contribution in [0.25, 0.3) is 0 Å². The molecule has 1 saturated heterocycles. The van der Waals surface area contributed by atoms with Gasteiger partial charge in [-0.15, -0.1) is 0 Å². The minimum absolute atomic E-state index is 0.320. The topological polar surface area (TPSA) is 32.3 Å². The lowest BCUT2D eigenvalue weighted by Crippen LogP contribution is -2.35. The first kappa shape index (κ1) is 14.8. The van der Waals surface area contributed by atoms with Gasteiger partial charge in [-0.1, -0.05) is 25.7 Å². The summed E-state index contributed by atoms with van der Waals surface area (Å²) in [4.78, 5) is 14.4. The zero-order chi connectivity index (χ0) is 13.5. The van der Waals surface area contributed by atoms with Crippen molar-refractivity contribution in [1.29, 1.82) is 0 Å². The Morgan fingerprint density at radius 3 is 2.32 bits per heavy atom. The molecule has 3 nitrogen and oxygen atoms in total. The Kier molecular flexibility index (Phi) is 6.15. The van der Waals surface area contributed by atoms with Crippen LogP contribution in [0.3, 0.4) is 0 Å². The van der Waals surface area contributed by atoms with E-state index in [9.17, 15) is 4.79 Å². The van der Waals surface area contributed by atoms with Crippen molar-refractivity contribution in [3.05, 3.63) is 0 Å². The summed E-state index contributed by atoms with van der Waals surface area (Å²) in [6.45, 7) is 3.27. The van der Waals surface area contributed by atoms with Crippen molar-refractivity contribution in [3.63, 3.8) is 0 Å². The van der Waals surface area contributed by atoms with Crippen LogP contribution in [0.1, 0.15) is 57.8 Å². The number of carbonyl (C=O) groups is 1. The van der Waals surface area contributed by atoms with E-state index < -0.39 is 0 Å². The lowest BCUT2D eigenvalue weighted by Gasteiger charge is -2.27. The number of hydrogen-bond donors (Lipinski definition) is 1. The summed E-state index contributed by atoms with van der Waals surface area (Å²) in [5.74, 6) is 1.56. The van der Waals surface area contributed by atoms with Crippen molar-refractivity contribution in [2.45, 2.75) is 57.8 Å². The summed E-state index contributed by atoms with van der Waals surface area (Å²) in [6.07, 6.45) is 11.1. The van der Waals surface area contributed by atoms with Gasteiger partial charge in [0.15, 0.2) is 0 Å². The van der Waals surface area contributed by atoms with Gasteiger partial charge in [0.25, 0.3) is 0 Å². The molecule has 19 heavy (non-hydrogen) atoms. The largest absolute Gasteiger partial charge is 0.346 e. The molecule has 1 N–H and O–H groups in total. The minimum atomic E-state index is 0.320. The first-order valence-electron chi connectivity index (χ1n) is 8.23. The number of carbonyl (C=O) groups excluding carboxylic acids is 1. The Morgan fingerprint density at radius 2 is 1.68 bits per heavy atom. The van der Waals surface area contributed by atoms with Crippen molar-refractivity contribution < 1.29 is 4.79 Å². The van der Waals surface area contributed by atoms with E-state index in [4.69, 9.17) is 0 Å². The molecule has 110 valence electrons. The van der Waals surface area contributed by atoms with Gasteiger partial charge >= 0.3 is 0 Å². The Bertz CT molecular complexity index is 266. The summed E-state index contributed by atoms with van der Waals surface area (Å²) in [6, 6.07) is 0. The molecule has 0 aromatic carbocycles. The summed E-state index contributed by atoms with van der Waals surface area (Å²) in [7, 11) is 2.01. The number of piperidine rings is 1. The molecular formula is C16H30N2O. The van der Waals surface area contributed by atoms with Gasteiger partial charge in [-0.2, -0.15) is 0 Å². The third kappa shape index (κ3) is 4.79. The Morgan fingerprint density at radius 1 is 1.05 bits per heavy atom. The molecule has 0 unspecified atom stereocenters. The van der Waals surface area contributed by atoms with Crippen LogP contribution in [0.4, 0.5) is 0 Å². The molecule has 1 saturated carbocycles. The first-order chi connectivity index (χ1) is 9.27. The van der Waals surface area contributed by atoms with Gasteiger partial charge in [0.2, 0.25) is 5.91 Å². The predicted octanol–water partition coefficient (Wildman–Crippen LogP) is 2.80. The van der Waals surface area contributed by atoms with Crippen molar-refractivity contribution in [2.24, 2.45) is 11.8 Å². The summed E-state index contributed by atoms with van der Waals surface area (Å²) < 4.78 is 0. The third-order valence-electron chi connectivity index (χ3n) is 4.91. The van der Waals surface area contributed by atoms with Crippen LogP contribution >= 0.6 is 0 Å². The van der Waals surface area contributed by atoms with Crippen LogP contribution in [-0.4, -0.2) is 37.5 Å². The third-order valence-corrected chi connectivity index (χ3v) is 4.91. The van der Waals surface area contributed by atoms with Crippen molar-refractivity contribution in [3.8, 4) is 0 Å². The van der Waals surface area contributed by atoms with E-state index in [1.165, 1.54) is 44.9 Å².